The first kappa shape index (κ1) is 14.3. The summed E-state index contributed by atoms with van der Waals surface area (Å²) in [6.45, 7) is 3.64. The first-order valence-corrected chi connectivity index (χ1v) is 7.71. The van der Waals surface area contributed by atoms with Crippen molar-refractivity contribution in [2.24, 2.45) is 11.7 Å². The number of thioether (sulfide) groups is 1. The molecular weight excluding hydrogens is 258 g/mol. The molecule has 0 spiro atoms. The molecule has 1 aliphatic rings. The minimum Gasteiger partial charge on any atom is -0.338 e. The number of carbonyl (C=O) groups excluding carboxylic acids is 1. The van der Waals surface area contributed by atoms with Gasteiger partial charge in [-0.05, 0) is 30.9 Å². The van der Waals surface area contributed by atoms with Gasteiger partial charge in [0.1, 0.15) is 0 Å². The van der Waals surface area contributed by atoms with E-state index >= 15 is 0 Å². The topological polar surface area (TPSA) is 59.2 Å². The van der Waals surface area contributed by atoms with Gasteiger partial charge in [-0.1, -0.05) is 6.92 Å². The summed E-state index contributed by atoms with van der Waals surface area (Å²) in [5.41, 5.74) is 5.79. The van der Waals surface area contributed by atoms with Gasteiger partial charge in [-0.25, -0.2) is 0 Å². The maximum absolute atomic E-state index is 12.3. The summed E-state index contributed by atoms with van der Waals surface area (Å²) < 4.78 is 0. The predicted octanol–water partition coefficient (Wildman–Crippen LogP) is 1.76. The van der Waals surface area contributed by atoms with Gasteiger partial charge < -0.3 is 10.6 Å². The van der Waals surface area contributed by atoms with Crippen LogP contribution in [0.25, 0.3) is 0 Å². The predicted molar refractivity (Wildman–Crippen MR) is 77.9 cm³/mol. The van der Waals surface area contributed by atoms with Crippen LogP contribution in [0.3, 0.4) is 0 Å². The zero-order valence-corrected chi connectivity index (χ0v) is 12.1. The van der Waals surface area contributed by atoms with Gasteiger partial charge in [0.2, 0.25) is 5.91 Å². The van der Waals surface area contributed by atoms with E-state index in [9.17, 15) is 4.79 Å². The van der Waals surface area contributed by atoms with Gasteiger partial charge >= 0.3 is 0 Å². The number of pyridine rings is 1. The Morgan fingerprint density at radius 1 is 1.53 bits per heavy atom. The average molecular weight is 279 g/mol. The van der Waals surface area contributed by atoms with Crippen molar-refractivity contribution in [3.8, 4) is 0 Å². The van der Waals surface area contributed by atoms with Crippen molar-refractivity contribution in [3.05, 3.63) is 24.5 Å². The van der Waals surface area contributed by atoms with Gasteiger partial charge in [-0.2, -0.15) is 0 Å². The fourth-order valence-electron chi connectivity index (χ4n) is 2.47. The SMILES string of the molecule is CC1CCN(C(=O)CSc2ccncc2)C(CN)C1. The summed E-state index contributed by atoms with van der Waals surface area (Å²) in [5.74, 6) is 1.35. The second-order valence-electron chi connectivity index (χ2n) is 5.08. The monoisotopic (exact) mass is 279 g/mol. The van der Waals surface area contributed by atoms with Gasteiger partial charge in [0.15, 0.2) is 0 Å². The van der Waals surface area contributed by atoms with Gasteiger partial charge in [0, 0.05) is 36.4 Å². The lowest BCUT2D eigenvalue weighted by molar-refractivity contribution is -0.132. The molecule has 5 heteroatoms. The van der Waals surface area contributed by atoms with Gasteiger partial charge in [0.05, 0.1) is 5.75 Å². The Hall–Kier alpha value is -1.07. The molecule has 2 rings (SSSR count). The highest BCUT2D eigenvalue weighted by atomic mass is 32.2. The standard InChI is InChI=1S/C14H21N3OS/c1-11-4-7-17(12(8-11)9-15)14(18)10-19-13-2-5-16-6-3-13/h2-3,5-6,11-12H,4,7-10,15H2,1H3. The van der Waals surface area contributed by atoms with Crippen molar-refractivity contribution in [3.63, 3.8) is 0 Å². The van der Waals surface area contributed by atoms with Gasteiger partial charge in [-0.3, -0.25) is 9.78 Å². The lowest BCUT2D eigenvalue weighted by Crippen LogP contribution is -2.49. The van der Waals surface area contributed by atoms with E-state index in [0.29, 0.717) is 18.2 Å². The minimum absolute atomic E-state index is 0.198. The van der Waals surface area contributed by atoms with Crippen LogP contribution < -0.4 is 5.73 Å². The summed E-state index contributed by atoms with van der Waals surface area (Å²) in [4.78, 5) is 19.3. The smallest absolute Gasteiger partial charge is 0.233 e. The molecule has 2 unspecified atom stereocenters. The van der Waals surface area contributed by atoms with Crippen molar-refractivity contribution in [1.82, 2.24) is 9.88 Å². The Balaban J connectivity index is 1.88. The molecule has 0 aromatic carbocycles. The quantitative estimate of drug-likeness (QED) is 0.853. The largest absolute Gasteiger partial charge is 0.338 e. The lowest BCUT2D eigenvalue weighted by atomic mass is 9.92. The second kappa shape index (κ2) is 6.91. The normalized spacial score (nSPS) is 23.4. The van der Waals surface area contributed by atoms with Crippen LogP contribution in [-0.2, 0) is 4.79 Å². The molecule has 19 heavy (non-hydrogen) atoms. The minimum atomic E-state index is 0.198. The van der Waals surface area contributed by atoms with Crippen LogP contribution in [0, 0.1) is 5.92 Å². The van der Waals surface area contributed by atoms with Crippen LogP contribution in [-0.4, -0.2) is 40.7 Å². The zero-order chi connectivity index (χ0) is 13.7. The maximum atomic E-state index is 12.3. The van der Waals surface area contributed by atoms with E-state index < -0.39 is 0 Å². The summed E-state index contributed by atoms with van der Waals surface area (Å²) in [5, 5.41) is 0. The number of nitrogens with zero attached hydrogens (tertiary/aromatic N) is 2. The number of hydrogen-bond donors (Lipinski definition) is 1. The van der Waals surface area contributed by atoms with Crippen molar-refractivity contribution in [2.45, 2.75) is 30.7 Å². The molecule has 1 saturated heterocycles. The molecule has 0 radical (unpaired) electrons. The zero-order valence-electron chi connectivity index (χ0n) is 11.3. The molecule has 2 heterocycles. The fraction of sp³-hybridized carbons (Fsp3) is 0.571. The molecule has 1 aliphatic heterocycles. The van der Waals surface area contributed by atoms with Crippen LogP contribution >= 0.6 is 11.8 Å². The van der Waals surface area contributed by atoms with Crippen molar-refractivity contribution >= 4 is 17.7 Å². The Kier molecular flexibility index (Phi) is 5.22. The van der Waals surface area contributed by atoms with E-state index in [4.69, 9.17) is 5.73 Å². The molecule has 1 aromatic heterocycles. The molecule has 4 nitrogen and oxygen atoms in total. The van der Waals surface area contributed by atoms with Gasteiger partial charge in [0.25, 0.3) is 0 Å². The number of aromatic nitrogens is 1. The number of hydrogen-bond acceptors (Lipinski definition) is 4. The van der Waals surface area contributed by atoms with Crippen molar-refractivity contribution < 1.29 is 4.79 Å². The molecule has 2 N–H and O–H groups in total. The molecule has 0 aliphatic carbocycles. The van der Waals surface area contributed by atoms with E-state index in [0.717, 1.165) is 24.3 Å². The van der Waals surface area contributed by atoms with Crippen LogP contribution in [0.5, 0.6) is 0 Å². The molecule has 1 aromatic rings. The van der Waals surface area contributed by atoms with Crippen LogP contribution in [0.1, 0.15) is 19.8 Å². The number of carbonyl (C=O) groups is 1. The molecule has 0 bridgehead atoms. The van der Waals surface area contributed by atoms with Crippen molar-refractivity contribution in [2.75, 3.05) is 18.8 Å². The third kappa shape index (κ3) is 3.94. The molecule has 1 fully saturated rings. The maximum Gasteiger partial charge on any atom is 0.233 e. The number of piperidine rings is 1. The van der Waals surface area contributed by atoms with Crippen LogP contribution in [0.2, 0.25) is 0 Å². The summed E-state index contributed by atoms with van der Waals surface area (Å²) in [6.07, 6.45) is 5.61. The first-order chi connectivity index (χ1) is 9.20. The first-order valence-electron chi connectivity index (χ1n) is 6.73. The molecule has 104 valence electrons. The van der Waals surface area contributed by atoms with Crippen LogP contribution in [0.15, 0.2) is 29.4 Å². The van der Waals surface area contributed by atoms with Crippen molar-refractivity contribution in [1.29, 1.82) is 0 Å². The summed E-state index contributed by atoms with van der Waals surface area (Å²) in [7, 11) is 0. The lowest BCUT2D eigenvalue weighted by Gasteiger charge is -2.38. The summed E-state index contributed by atoms with van der Waals surface area (Å²) >= 11 is 1.56. The van der Waals surface area contributed by atoms with E-state index in [1.165, 1.54) is 0 Å². The molecule has 2 atom stereocenters. The van der Waals surface area contributed by atoms with E-state index in [1.807, 2.05) is 17.0 Å². The van der Waals surface area contributed by atoms with Crippen LogP contribution in [0.4, 0.5) is 0 Å². The second-order valence-corrected chi connectivity index (χ2v) is 6.13. The Morgan fingerprint density at radius 3 is 2.95 bits per heavy atom. The summed E-state index contributed by atoms with van der Waals surface area (Å²) in [6, 6.07) is 4.07. The van der Waals surface area contributed by atoms with Gasteiger partial charge in [-0.15, -0.1) is 11.8 Å². The highest BCUT2D eigenvalue weighted by Gasteiger charge is 2.28. The molecular formula is C14H21N3OS. The third-order valence-electron chi connectivity index (χ3n) is 3.58. The number of amides is 1. The van der Waals surface area contributed by atoms with E-state index in [1.54, 1.807) is 24.2 Å². The fourth-order valence-corrected chi connectivity index (χ4v) is 3.24. The highest BCUT2D eigenvalue weighted by Crippen LogP contribution is 2.24. The Morgan fingerprint density at radius 2 is 2.26 bits per heavy atom. The number of nitrogens with two attached hydrogens (primary N) is 1. The van der Waals surface area contributed by atoms with E-state index in [2.05, 4.69) is 11.9 Å². The average Bonchev–Trinajstić information content (AvgIpc) is 2.45. The number of rotatable bonds is 4. The van der Waals surface area contributed by atoms with E-state index in [-0.39, 0.29) is 11.9 Å². The highest BCUT2D eigenvalue weighted by molar-refractivity contribution is 8.00. The Labute approximate surface area is 118 Å². The Bertz CT molecular complexity index is 412. The number of likely N-dealkylation sites (tertiary alicyclic amines) is 1. The molecule has 1 amide bonds. The third-order valence-corrected chi connectivity index (χ3v) is 4.58. The molecule has 0 saturated carbocycles.